The molecule has 3 N–H and O–H groups in total. The summed E-state index contributed by atoms with van der Waals surface area (Å²) in [7, 11) is 0. The highest BCUT2D eigenvalue weighted by Crippen LogP contribution is 2.61. The first-order chi connectivity index (χ1) is 16.1. The molecule has 0 radical (unpaired) electrons. The van der Waals surface area contributed by atoms with Crippen LogP contribution in [0.5, 0.6) is 0 Å². The van der Waals surface area contributed by atoms with E-state index in [1.54, 1.807) is 32.0 Å². The first-order valence-electron chi connectivity index (χ1n) is 11.8. The number of fused-ring (bicyclic) bond motifs is 1. The molecule has 0 spiro atoms. The molecule has 0 amide bonds. The van der Waals surface area contributed by atoms with Gasteiger partial charge < -0.3 is 25.0 Å². The number of carboxylic acids is 2. The summed E-state index contributed by atoms with van der Waals surface area (Å²) in [5.74, 6) is -3.65. The standard InChI is InChI=1S/C24H35N3O7/c1-7-23(21(28)29)18(15-11-10-12-16-17(15)27-34-26-16)24(13(4)5,22(30)31)14(6)25-19(23)20(32-8-2)33-9-3/h10-14,18-20,25H,7-9H2,1-6H3,(H,28,29)(H,30,31). The first-order valence-corrected chi connectivity index (χ1v) is 11.8. The maximum Gasteiger partial charge on any atom is 0.312 e. The lowest BCUT2D eigenvalue weighted by molar-refractivity contribution is -0.216. The molecular formula is C24H35N3O7. The molecule has 188 valence electrons. The molecular weight excluding hydrogens is 442 g/mol. The second kappa shape index (κ2) is 9.97. The Morgan fingerprint density at radius 1 is 1.12 bits per heavy atom. The first kappa shape index (κ1) is 26.1. The fourth-order valence-electron chi connectivity index (χ4n) is 6.12. The van der Waals surface area contributed by atoms with E-state index in [9.17, 15) is 19.8 Å². The van der Waals surface area contributed by atoms with E-state index in [0.29, 0.717) is 29.8 Å². The van der Waals surface area contributed by atoms with Crippen molar-refractivity contribution in [3.8, 4) is 0 Å². The summed E-state index contributed by atoms with van der Waals surface area (Å²) in [5.41, 5.74) is -1.84. The number of carboxylic acid groups (broad SMARTS) is 2. The summed E-state index contributed by atoms with van der Waals surface area (Å²) in [6.07, 6.45) is -0.776. The second-order valence-corrected chi connectivity index (χ2v) is 9.15. The van der Waals surface area contributed by atoms with Crippen LogP contribution in [0.1, 0.15) is 59.4 Å². The molecule has 1 fully saturated rings. The van der Waals surface area contributed by atoms with E-state index in [4.69, 9.17) is 14.1 Å². The van der Waals surface area contributed by atoms with Crippen LogP contribution in [0.4, 0.5) is 0 Å². The van der Waals surface area contributed by atoms with Crippen LogP contribution >= 0.6 is 0 Å². The van der Waals surface area contributed by atoms with Gasteiger partial charge in [0.15, 0.2) is 6.29 Å². The zero-order valence-corrected chi connectivity index (χ0v) is 20.6. The average Bonchev–Trinajstić information content (AvgIpc) is 3.26. The van der Waals surface area contributed by atoms with Crippen molar-refractivity contribution in [2.24, 2.45) is 16.7 Å². The number of aromatic nitrogens is 2. The van der Waals surface area contributed by atoms with Crippen LogP contribution in [0.2, 0.25) is 0 Å². The van der Waals surface area contributed by atoms with Crippen molar-refractivity contribution in [1.82, 2.24) is 15.6 Å². The van der Waals surface area contributed by atoms with E-state index in [1.165, 1.54) is 0 Å². The van der Waals surface area contributed by atoms with Crippen molar-refractivity contribution in [3.05, 3.63) is 23.8 Å². The number of hydrogen-bond acceptors (Lipinski definition) is 8. The lowest BCUT2D eigenvalue weighted by Gasteiger charge is -2.60. The lowest BCUT2D eigenvalue weighted by atomic mass is 9.47. The van der Waals surface area contributed by atoms with Gasteiger partial charge in [-0.15, -0.1) is 0 Å². The van der Waals surface area contributed by atoms with Gasteiger partial charge in [0, 0.05) is 25.2 Å². The van der Waals surface area contributed by atoms with Crippen LogP contribution in [0, 0.1) is 16.7 Å². The molecule has 5 atom stereocenters. The molecule has 0 bridgehead atoms. The van der Waals surface area contributed by atoms with Gasteiger partial charge in [0.2, 0.25) is 0 Å². The van der Waals surface area contributed by atoms with Gasteiger partial charge in [-0.05, 0) is 55.1 Å². The number of aliphatic carboxylic acids is 2. The van der Waals surface area contributed by atoms with Crippen LogP contribution in [0.15, 0.2) is 22.8 Å². The summed E-state index contributed by atoms with van der Waals surface area (Å²) in [5, 5.41) is 32.9. The predicted molar refractivity (Wildman–Crippen MR) is 123 cm³/mol. The average molecular weight is 478 g/mol. The molecule has 1 saturated heterocycles. The Morgan fingerprint density at radius 2 is 1.76 bits per heavy atom. The van der Waals surface area contributed by atoms with E-state index >= 15 is 0 Å². The Morgan fingerprint density at radius 3 is 2.26 bits per heavy atom. The van der Waals surface area contributed by atoms with Crippen LogP contribution in [-0.2, 0) is 19.1 Å². The van der Waals surface area contributed by atoms with Crippen molar-refractivity contribution in [1.29, 1.82) is 0 Å². The Bertz CT molecular complexity index is 1020. The van der Waals surface area contributed by atoms with Gasteiger partial charge in [-0.2, -0.15) is 0 Å². The van der Waals surface area contributed by atoms with Gasteiger partial charge in [-0.25, -0.2) is 4.63 Å². The van der Waals surface area contributed by atoms with Crippen LogP contribution < -0.4 is 5.32 Å². The predicted octanol–water partition coefficient (Wildman–Crippen LogP) is 3.27. The summed E-state index contributed by atoms with van der Waals surface area (Å²) in [6, 6.07) is 3.69. The van der Waals surface area contributed by atoms with Crippen LogP contribution in [-0.4, -0.2) is 64.1 Å². The highest BCUT2D eigenvalue weighted by molar-refractivity contribution is 5.87. The zero-order chi connectivity index (χ0) is 25.3. The van der Waals surface area contributed by atoms with E-state index in [2.05, 4.69) is 15.6 Å². The minimum absolute atomic E-state index is 0.122. The highest BCUT2D eigenvalue weighted by atomic mass is 16.7. The van der Waals surface area contributed by atoms with E-state index in [-0.39, 0.29) is 6.42 Å². The van der Waals surface area contributed by atoms with Crippen LogP contribution in [0.25, 0.3) is 11.0 Å². The van der Waals surface area contributed by atoms with Crippen molar-refractivity contribution in [2.45, 2.75) is 72.3 Å². The Kier molecular flexibility index (Phi) is 7.64. The number of piperidine rings is 1. The molecule has 1 aromatic carbocycles. The number of benzene rings is 1. The van der Waals surface area contributed by atoms with E-state index in [1.807, 2.05) is 27.7 Å². The maximum atomic E-state index is 13.3. The summed E-state index contributed by atoms with van der Waals surface area (Å²) in [6.45, 7) is 11.4. The molecule has 1 aliphatic heterocycles. The molecule has 2 heterocycles. The molecule has 2 aromatic rings. The number of carbonyl (C=O) groups is 2. The summed E-state index contributed by atoms with van der Waals surface area (Å²) >= 11 is 0. The minimum atomic E-state index is -1.61. The molecule has 1 aliphatic rings. The monoisotopic (exact) mass is 477 g/mol. The normalized spacial score (nSPS) is 29.7. The number of rotatable bonds is 10. The van der Waals surface area contributed by atoms with Crippen molar-refractivity contribution >= 4 is 23.0 Å². The molecule has 0 saturated carbocycles. The Balaban J connectivity index is 2.45. The molecule has 3 rings (SSSR count). The second-order valence-electron chi connectivity index (χ2n) is 9.15. The van der Waals surface area contributed by atoms with E-state index < -0.39 is 53.0 Å². The third-order valence-corrected chi connectivity index (χ3v) is 7.57. The third kappa shape index (κ3) is 3.68. The summed E-state index contributed by atoms with van der Waals surface area (Å²) < 4.78 is 16.7. The van der Waals surface area contributed by atoms with Gasteiger partial charge in [-0.3, -0.25) is 9.59 Å². The van der Waals surface area contributed by atoms with E-state index in [0.717, 1.165) is 0 Å². The van der Waals surface area contributed by atoms with Crippen molar-refractivity contribution < 1.29 is 33.9 Å². The fourth-order valence-corrected chi connectivity index (χ4v) is 6.12. The maximum absolute atomic E-state index is 13.3. The molecule has 10 heteroatoms. The number of nitrogens with one attached hydrogen (secondary N) is 1. The quantitative estimate of drug-likeness (QED) is 0.436. The zero-order valence-electron chi connectivity index (χ0n) is 20.6. The van der Waals surface area contributed by atoms with Gasteiger partial charge in [0.25, 0.3) is 0 Å². The number of nitrogens with zero attached hydrogens (tertiary/aromatic N) is 2. The smallest absolute Gasteiger partial charge is 0.312 e. The lowest BCUT2D eigenvalue weighted by Crippen LogP contribution is -2.74. The Labute approximate surface area is 199 Å². The molecule has 5 unspecified atom stereocenters. The van der Waals surface area contributed by atoms with Crippen molar-refractivity contribution in [3.63, 3.8) is 0 Å². The van der Waals surface area contributed by atoms with Gasteiger partial charge in [0.1, 0.15) is 11.0 Å². The highest BCUT2D eigenvalue weighted by Gasteiger charge is 2.70. The topological polar surface area (TPSA) is 144 Å². The van der Waals surface area contributed by atoms with Crippen LogP contribution in [0.3, 0.4) is 0 Å². The fraction of sp³-hybridized carbons (Fsp3) is 0.667. The SMILES string of the molecule is CCOC(OCC)C1NC(C)C(C(=O)O)(C(C)C)C(c2cccc3nonc23)C1(CC)C(=O)O. The number of ether oxygens (including phenoxy) is 2. The summed E-state index contributed by atoms with van der Waals surface area (Å²) in [4.78, 5) is 26.5. The molecule has 0 aliphatic carbocycles. The van der Waals surface area contributed by atoms with Gasteiger partial charge in [0.05, 0.1) is 16.9 Å². The Hall–Kier alpha value is -2.56. The molecule has 10 nitrogen and oxygen atoms in total. The third-order valence-electron chi connectivity index (χ3n) is 7.57. The molecule has 34 heavy (non-hydrogen) atoms. The molecule has 1 aromatic heterocycles. The van der Waals surface area contributed by atoms with Gasteiger partial charge in [-0.1, -0.05) is 32.9 Å². The minimum Gasteiger partial charge on any atom is -0.481 e. The van der Waals surface area contributed by atoms with Gasteiger partial charge >= 0.3 is 11.9 Å². The largest absolute Gasteiger partial charge is 0.481 e. The number of hydrogen-bond donors (Lipinski definition) is 3. The van der Waals surface area contributed by atoms with Crippen molar-refractivity contribution in [2.75, 3.05) is 13.2 Å².